The molecule has 0 heterocycles. The van der Waals surface area contributed by atoms with E-state index in [0.717, 1.165) is 0 Å². The second kappa shape index (κ2) is 28.8. The zero-order chi connectivity index (χ0) is 28.8. The molecule has 0 atom stereocenters. The van der Waals surface area contributed by atoms with Crippen LogP contribution >= 0.6 is 17.2 Å². The zero-order valence-electron chi connectivity index (χ0n) is 28.2. The van der Waals surface area contributed by atoms with Gasteiger partial charge in [-0.3, -0.25) is 0 Å². The molecule has 0 bridgehead atoms. The first-order valence-corrected chi connectivity index (χ1v) is 23.2. The number of rotatable bonds is 33. The van der Waals surface area contributed by atoms with Gasteiger partial charge in [0.1, 0.15) is 0 Å². The van der Waals surface area contributed by atoms with Crippen molar-refractivity contribution in [3.8, 4) is 0 Å². The molecule has 238 valence electrons. The van der Waals surface area contributed by atoms with Gasteiger partial charge >= 0.3 is 114 Å². The third-order valence-electron chi connectivity index (χ3n) is 8.77. The van der Waals surface area contributed by atoms with E-state index in [-0.39, 0.29) is 0 Å². The number of unbranched alkanes of at least 4 members (excludes halogenated alkanes) is 31. The predicted molar refractivity (Wildman–Crippen MR) is 189 cm³/mol. The van der Waals surface area contributed by atoms with Gasteiger partial charge in [-0.1, -0.05) is 142 Å². The van der Waals surface area contributed by atoms with Gasteiger partial charge in [0, 0.05) is 0 Å². The third-order valence-corrected chi connectivity index (χ3v) is 11.1. The molecular weight excluding hydrogens is 511 g/mol. The minimum atomic E-state index is -1.77. The first-order chi connectivity index (χ1) is 18.8. The molecule has 0 aromatic carbocycles. The predicted octanol–water partition coefficient (Wildman–Crippen LogP) is 15.1. The average Bonchev–Trinajstić information content (AvgIpc) is 2.88. The average molecular weight is 589 g/mol. The van der Waals surface area contributed by atoms with Crippen molar-refractivity contribution in [1.82, 2.24) is 0 Å². The normalized spacial score (nSPS) is 13.1. The molecule has 0 spiro atoms. The molecule has 0 nitrogen and oxygen atoms in total. The molecule has 0 unspecified atom stereocenters. The second-order valence-corrected chi connectivity index (χ2v) is 24.6. The molecule has 0 amide bonds. The van der Waals surface area contributed by atoms with Crippen molar-refractivity contribution in [1.29, 1.82) is 0 Å². The van der Waals surface area contributed by atoms with E-state index in [1.165, 1.54) is 212 Å². The molecular formula is C37H78ClP. The zero-order valence-corrected chi connectivity index (χ0v) is 29.8. The van der Waals surface area contributed by atoms with Gasteiger partial charge in [-0.2, -0.15) is 0 Å². The number of halogens is 1. The van der Waals surface area contributed by atoms with Crippen LogP contribution in [-0.2, 0) is 0 Å². The van der Waals surface area contributed by atoms with Crippen molar-refractivity contribution in [3.63, 3.8) is 0 Å². The Labute approximate surface area is 255 Å². The number of hydrogen-bond acceptors (Lipinski definition) is 0. The monoisotopic (exact) mass is 589 g/mol. The summed E-state index contributed by atoms with van der Waals surface area (Å²) in [4.78, 5) is 0. The van der Waals surface area contributed by atoms with Crippen LogP contribution in [0.4, 0.5) is 0 Å². The summed E-state index contributed by atoms with van der Waals surface area (Å²) in [7, 11) is 0. The van der Waals surface area contributed by atoms with E-state index in [2.05, 4.69) is 26.9 Å². The van der Waals surface area contributed by atoms with Gasteiger partial charge < -0.3 is 0 Å². The molecule has 0 saturated heterocycles. The molecule has 0 radical (unpaired) electrons. The van der Waals surface area contributed by atoms with Crippen LogP contribution in [0.3, 0.4) is 0 Å². The van der Waals surface area contributed by atoms with E-state index in [9.17, 15) is 0 Å². The van der Waals surface area contributed by atoms with Crippen LogP contribution in [-0.4, -0.2) is 26.2 Å². The summed E-state index contributed by atoms with van der Waals surface area (Å²) >= 11 is 6.64. The van der Waals surface area contributed by atoms with Gasteiger partial charge in [-0.05, 0) is 0 Å². The standard InChI is InChI=1S/C37H78ClP/c1-5-6-7-8-9-10-11-12-13-14-15-16-17-18-19-20-21-22-23-24-25-26-27-28-29-30-31-32-33-34-35-36-37-39(2,3,4)38/h5-37H2,1-4H3. The molecule has 0 rings (SSSR count). The summed E-state index contributed by atoms with van der Waals surface area (Å²) < 4.78 is 0. The summed E-state index contributed by atoms with van der Waals surface area (Å²) in [5.74, 6) is -1.77. The van der Waals surface area contributed by atoms with Gasteiger partial charge in [-0.25, -0.2) is 0 Å². The molecule has 0 aliphatic carbocycles. The summed E-state index contributed by atoms with van der Waals surface area (Å²) in [5, 5.41) is 0. The van der Waals surface area contributed by atoms with E-state index in [1.807, 2.05) is 0 Å². The van der Waals surface area contributed by atoms with Gasteiger partial charge in [0.15, 0.2) is 0 Å². The van der Waals surface area contributed by atoms with Crippen LogP contribution in [0.1, 0.15) is 212 Å². The van der Waals surface area contributed by atoms with Gasteiger partial charge in [0.25, 0.3) is 0 Å². The second-order valence-electron chi connectivity index (χ2n) is 14.6. The van der Waals surface area contributed by atoms with E-state index in [4.69, 9.17) is 11.2 Å². The minimum absolute atomic E-state index is 1.26. The Morgan fingerprint density at radius 2 is 0.436 bits per heavy atom. The van der Waals surface area contributed by atoms with Crippen LogP contribution in [0.15, 0.2) is 0 Å². The Kier molecular flexibility index (Phi) is 29.4. The summed E-state index contributed by atoms with van der Waals surface area (Å²) in [5.41, 5.74) is 0. The quantitative estimate of drug-likeness (QED) is 0.0528. The van der Waals surface area contributed by atoms with Gasteiger partial charge in [0.2, 0.25) is 0 Å². The molecule has 0 N–H and O–H groups in total. The van der Waals surface area contributed by atoms with Crippen LogP contribution in [0, 0.1) is 0 Å². The number of hydrogen-bond donors (Lipinski definition) is 0. The van der Waals surface area contributed by atoms with Crippen molar-refractivity contribution in [2.24, 2.45) is 0 Å². The van der Waals surface area contributed by atoms with Crippen LogP contribution in [0.25, 0.3) is 0 Å². The van der Waals surface area contributed by atoms with Crippen molar-refractivity contribution in [2.45, 2.75) is 212 Å². The topological polar surface area (TPSA) is 0 Å². The van der Waals surface area contributed by atoms with Gasteiger partial charge in [-0.15, -0.1) is 0 Å². The molecule has 0 fully saturated rings. The first-order valence-electron chi connectivity index (χ1n) is 18.5. The molecule has 2 heteroatoms. The fraction of sp³-hybridized carbons (Fsp3) is 1.00. The first kappa shape index (κ1) is 39.7. The van der Waals surface area contributed by atoms with E-state index in [1.54, 1.807) is 0 Å². The summed E-state index contributed by atoms with van der Waals surface area (Å²) in [6.45, 7) is 9.17. The van der Waals surface area contributed by atoms with Gasteiger partial charge in [0.05, 0.1) is 0 Å². The van der Waals surface area contributed by atoms with Crippen molar-refractivity contribution >= 4 is 17.2 Å². The van der Waals surface area contributed by atoms with Crippen molar-refractivity contribution < 1.29 is 0 Å². The Hall–Kier alpha value is 0.720. The summed E-state index contributed by atoms with van der Waals surface area (Å²) in [6, 6.07) is 0. The van der Waals surface area contributed by atoms with E-state index in [0.29, 0.717) is 0 Å². The van der Waals surface area contributed by atoms with Crippen molar-refractivity contribution in [2.75, 3.05) is 26.2 Å². The Morgan fingerprint density at radius 1 is 0.282 bits per heavy atom. The maximum atomic E-state index is 6.64. The molecule has 0 aliphatic rings. The Morgan fingerprint density at radius 3 is 0.590 bits per heavy atom. The Balaban J connectivity index is 3.07. The molecule has 0 aromatic rings. The van der Waals surface area contributed by atoms with Crippen LogP contribution in [0.2, 0.25) is 0 Å². The fourth-order valence-corrected chi connectivity index (χ4v) is 7.67. The molecule has 39 heavy (non-hydrogen) atoms. The molecule has 0 saturated carbocycles. The van der Waals surface area contributed by atoms with Crippen molar-refractivity contribution in [3.05, 3.63) is 0 Å². The fourth-order valence-electron chi connectivity index (χ4n) is 6.02. The van der Waals surface area contributed by atoms with Crippen LogP contribution in [0.5, 0.6) is 0 Å². The van der Waals surface area contributed by atoms with E-state index >= 15 is 0 Å². The third kappa shape index (κ3) is 38.7. The maximum absolute atomic E-state index is 6.64. The SMILES string of the molecule is CCCCCCCCCCCCCCCCCCCCCCCCCCCCCCCCCCP(C)(C)(C)Cl. The Bertz CT molecular complexity index is 457. The molecule has 0 aromatic heterocycles. The molecule has 0 aliphatic heterocycles. The van der Waals surface area contributed by atoms with Crippen LogP contribution < -0.4 is 0 Å². The van der Waals surface area contributed by atoms with E-state index < -0.39 is 5.96 Å². The summed E-state index contributed by atoms with van der Waals surface area (Å²) in [6.07, 6.45) is 48.2.